The molecule has 0 unspecified atom stereocenters. The second-order valence-corrected chi connectivity index (χ2v) is 3.32. The SMILES string of the molecule is NCCc1ncc(O)cc1I. The van der Waals surface area contributed by atoms with Gasteiger partial charge in [0.1, 0.15) is 5.75 Å². The van der Waals surface area contributed by atoms with Gasteiger partial charge in [-0.3, -0.25) is 4.98 Å². The normalized spacial score (nSPS) is 10.0. The van der Waals surface area contributed by atoms with E-state index < -0.39 is 0 Å². The van der Waals surface area contributed by atoms with Crippen molar-refractivity contribution in [2.24, 2.45) is 5.73 Å². The lowest BCUT2D eigenvalue weighted by Gasteiger charge is -2.00. The quantitative estimate of drug-likeness (QED) is 0.780. The average molecular weight is 264 g/mol. The van der Waals surface area contributed by atoms with E-state index >= 15 is 0 Å². The minimum Gasteiger partial charge on any atom is -0.506 e. The number of aromatic nitrogens is 1. The van der Waals surface area contributed by atoms with Gasteiger partial charge < -0.3 is 10.8 Å². The third-order valence-electron chi connectivity index (χ3n) is 1.28. The number of aromatic hydroxyl groups is 1. The minimum absolute atomic E-state index is 0.204. The van der Waals surface area contributed by atoms with Gasteiger partial charge in [0.2, 0.25) is 0 Å². The molecule has 0 aromatic carbocycles. The maximum absolute atomic E-state index is 9.01. The summed E-state index contributed by atoms with van der Waals surface area (Å²) in [6.45, 7) is 0.591. The van der Waals surface area contributed by atoms with Gasteiger partial charge in [0.25, 0.3) is 0 Å². The van der Waals surface area contributed by atoms with Gasteiger partial charge in [-0.15, -0.1) is 0 Å². The summed E-state index contributed by atoms with van der Waals surface area (Å²) in [5.74, 6) is 0.204. The van der Waals surface area contributed by atoms with Crippen molar-refractivity contribution in [3.05, 3.63) is 21.5 Å². The van der Waals surface area contributed by atoms with E-state index in [0.717, 1.165) is 15.7 Å². The summed E-state index contributed by atoms with van der Waals surface area (Å²) in [4.78, 5) is 4.03. The van der Waals surface area contributed by atoms with Gasteiger partial charge in [-0.2, -0.15) is 0 Å². The smallest absolute Gasteiger partial charge is 0.134 e. The Labute approximate surface area is 78.8 Å². The van der Waals surface area contributed by atoms with E-state index in [0.29, 0.717) is 6.54 Å². The summed E-state index contributed by atoms with van der Waals surface area (Å²) in [7, 11) is 0. The molecule has 0 spiro atoms. The van der Waals surface area contributed by atoms with Crippen molar-refractivity contribution < 1.29 is 5.11 Å². The Kier molecular flexibility index (Phi) is 3.07. The van der Waals surface area contributed by atoms with E-state index in [1.807, 2.05) is 0 Å². The van der Waals surface area contributed by atoms with Crippen molar-refractivity contribution in [1.82, 2.24) is 4.98 Å². The van der Waals surface area contributed by atoms with Crippen LogP contribution in [0.5, 0.6) is 5.75 Å². The van der Waals surface area contributed by atoms with Crippen LogP contribution < -0.4 is 5.73 Å². The molecule has 0 bridgehead atoms. The lowest BCUT2D eigenvalue weighted by atomic mass is 10.3. The van der Waals surface area contributed by atoms with Crippen LogP contribution >= 0.6 is 22.6 Å². The Morgan fingerprint density at radius 3 is 2.91 bits per heavy atom. The predicted octanol–water partition coefficient (Wildman–Crippen LogP) is 0.893. The van der Waals surface area contributed by atoms with E-state index in [-0.39, 0.29) is 5.75 Å². The zero-order valence-electron chi connectivity index (χ0n) is 5.92. The molecule has 0 aliphatic rings. The van der Waals surface area contributed by atoms with E-state index in [2.05, 4.69) is 27.6 Å². The third kappa shape index (κ3) is 2.30. The van der Waals surface area contributed by atoms with Crippen molar-refractivity contribution >= 4 is 22.6 Å². The molecule has 0 aliphatic carbocycles. The fraction of sp³-hybridized carbons (Fsp3) is 0.286. The van der Waals surface area contributed by atoms with Crippen LogP contribution in [0.1, 0.15) is 5.69 Å². The Morgan fingerprint density at radius 2 is 2.36 bits per heavy atom. The molecule has 0 saturated heterocycles. The van der Waals surface area contributed by atoms with Crippen molar-refractivity contribution in [3.8, 4) is 5.75 Å². The van der Waals surface area contributed by atoms with Gasteiger partial charge in [0.05, 0.1) is 11.9 Å². The number of hydrogen-bond donors (Lipinski definition) is 2. The molecule has 1 aromatic rings. The van der Waals surface area contributed by atoms with Crippen LogP contribution in [0.25, 0.3) is 0 Å². The molecule has 4 heteroatoms. The molecule has 1 aromatic heterocycles. The summed E-state index contributed by atoms with van der Waals surface area (Å²) < 4.78 is 0.966. The van der Waals surface area contributed by atoms with Crippen molar-refractivity contribution in [3.63, 3.8) is 0 Å². The second kappa shape index (κ2) is 3.87. The first kappa shape index (κ1) is 8.73. The van der Waals surface area contributed by atoms with Crippen LogP contribution in [-0.4, -0.2) is 16.6 Å². The Bertz CT molecular complexity index is 252. The Balaban J connectivity index is 2.90. The van der Waals surface area contributed by atoms with Crippen molar-refractivity contribution in [2.45, 2.75) is 6.42 Å². The minimum atomic E-state index is 0.204. The lowest BCUT2D eigenvalue weighted by Crippen LogP contribution is -2.05. The Morgan fingerprint density at radius 1 is 1.64 bits per heavy atom. The molecule has 0 amide bonds. The number of nitrogens with zero attached hydrogens (tertiary/aromatic N) is 1. The zero-order valence-corrected chi connectivity index (χ0v) is 8.08. The van der Waals surface area contributed by atoms with Gasteiger partial charge in [-0.25, -0.2) is 0 Å². The van der Waals surface area contributed by atoms with E-state index in [1.54, 1.807) is 6.07 Å². The molecular weight excluding hydrogens is 255 g/mol. The molecule has 60 valence electrons. The molecule has 1 heterocycles. The summed E-state index contributed by atoms with van der Waals surface area (Å²) in [6.07, 6.45) is 2.20. The molecule has 0 aliphatic heterocycles. The summed E-state index contributed by atoms with van der Waals surface area (Å²) >= 11 is 2.13. The van der Waals surface area contributed by atoms with Gasteiger partial charge >= 0.3 is 0 Å². The number of nitrogens with two attached hydrogens (primary N) is 1. The van der Waals surface area contributed by atoms with Gasteiger partial charge in [0, 0.05) is 9.99 Å². The molecule has 1 rings (SSSR count). The van der Waals surface area contributed by atoms with E-state index in [9.17, 15) is 0 Å². The number of halogens is 1. The second-order valence-electron chi connectivity index (χ2n) is 2.16. The summed E-state index contributed by atoms with van der Waals surface area (Å²) in [5, 5.41) is 9.01. The molecule has 3 nitrogen and oxygen atoms in total. The highest BCUT2D eigenvalue weighted by Gasteiger charge is 2.00. The van der Waals surface area contributed by atoms with Gasteiger partial charge in [0.15, 0.2) is 0 Å². The van der Waals surface area contributed by atoms with Gasteiger partial charge in [-0.1, -0.05) is 0 Å². The van der Waals surface area contributed by atoms with Crippen LogP contribution in [0.15, 0.2) is 12.3 Å². The average Bonchev–Trinajstić information content (AvgIpc) is 1.95. The first-order valence-electron chi connectivity index (χ1n) is 3.27. The fourth-order valence-corrected chi connectivity index (χ4v) is 1.50. The van der Waals surface area contributed by atoms with E-state index in [4.69, 9.17) is 10.8 Å². The number of pyridine rings is 1. The zero-order chi connectivity index (χ0) is 8.27. The molecule has 11 heavy (non-hydrogen) atoms. The molecule has 0 radical (unpaired) electrons. The maximum Gasteiger partial charge on any atom is 0.134 e. The van der Waals surface area contributed by atoms with Gasteiger partial charge in [-0.05, 0) is 35.2 Å². The van der Waals surface area contributed by atoms with Crippen LogP contribution in [0, 0.1) is 3.57 Å². The highest BCUT2D eigenvalue weighted by molar-refractivity contribution is 14.1. The fourth-order valence-electron chi connectivity index (χ4n) is 0.777. The molecule has 3 N–H and O–H groups in total. The van der Waals surface area contributed by atoms with Crippen LogP contribution in [0.2, 0.25) is 0 Å². The van der Waals surface area contributed by atoms with E-state index in [1.165, 1.54) is 6.20 Å². The third-order valence-corrected chi connectivity index (χ3v) is 2.22. The highest BCUT2D eigenvalue weighted by atomic mass is 127. The maximum atomic E-state index is 9.01. The summed E-state index contributed by atoms with van der Waals surface area (Å²) in [5.41, 5.74) is 6.31. The number of hydrogen-bond acceptors (Lipinski definition) is 3. The van der Waals surface area contributed by atoms with Crippen LogP contribution in [0.3, 0.4) is 0 Å². The highest BCUT2D eigenvalue weighted by Crippen LogP contribution is 2.15. The molecule has 0 fully saturated rings. The van der Waals surface area contributed by atoms with Crippen molar-refractivity contribution in [1.29, 1.82) is 0 Å². The topological polar surface area (TPSA) is 59.1 Å². The first-order chi connectivity index (χ1) is 5.24. The van der Waals surface area contributed by atoms with Crippen LogP contribution in [0.4, 0.5) is 0 Å². The molecule has 0 atom stereocenters. The van der Waals surface area contributed by atoms with Crippen LogP contribution in [-0.2, 0) is 6.42 Å². The molecular formula is C7H9IN2O. The summed E-state index contributed by atoms with van der Waals surface area (Å²) in [6, 6.07) is 1.68. The number of rotatable bonds is 2. The lowest BCUT2D eigenvalue weighted by molar-refractivity contribution is 0.471. The predicted molar refractivity (Wildman–Crippen MR) is 51.4 cm³/mol. The largest absolute Gasteiger partial charge is 0.506 e. The molecule has 0 saturated carbocycles. The standard InChI is InChI=1S/C7H9IN2O/c8-6-3-5(11)4-10-7(6)1-2-9/h3-4,11H,1-2,9H2. The van der Waals surface area contributed by atoms with Crippen molar-refractivity contribution in [2.75, 3.05) is 6.54 Å². The Hall–Kier alpha value is -0.360. The monoisotopic (exact) mass is 264 g/mol. The first-order valence-corrected chi connectivity index (χ1v) is 4.35.